The molecule has 554 valence electrons. The van der Waals surface area contributed by atoms with Gasteiger partial charge in [0, 0.05) is 87.7 Å². The van der Waals surface area contributed by atoms with Crippen LogP contribution in [0.25, 0.3) is 55.5 Å². The summed E-state index contributed by atoms with van der Waals surface area (Å²) in [5, 5.41) is 2.65. The fourth-order valence-electron chi connectivity index (χ4n) is 9.17. The maximum Gasteiger partial charge on any atom is 0.407 e. The summed E-state index contributed by atoms with van der Waals surface area (Å²) < 4.78 is 89.7. The lowest BCUT2D eigenvalue weighted by atomic mass is 10.2. The largest absolute Gasteiger partial charge is 0.444 e. The highest BCUT2D eigenvalue weighted by molar-refractivity contribution is 9.10. The van der Waals surface area contributed by atoms with Crippen LogP contribution in [0.2, 0.25) is 0 Å². The molecule has 11 rings (SSSR count). The molecule has 5 aromatic heterocycles. The summed E-state index contributed by atoms with van der Waals surface area (Å²) >= 11 is 11.9. The predicted molar refractivity (Wildman–Crippen MR) is 419 cm³/mol. The van der Waals surface area contributed by atoms with E-state index in [0.717, 1.165) is 204 Å². The van der Waals surface area contributed by atoms with Crippen molar-refractivity contribution in [3.05, 3.63) is 179 Å². The van der Waals surface area contributed by atoms with E-state index in [0.29, 0.717) is 35.3 Å². The zero-order valence-electron chi connectivity index (χ0n) is 60.1. The highest BCUT2D eigenvalue weighted by atomic mass is 79.9. The van der Waals surface area contributed by atoms with Gasteiger partial charge in [0.1, 0.15) is 33.2 Å². The summed E-state index contributed by atoms with van der Waals surface area (Å²) in [7, 11) is -4.02. The number of carbonyl (C=O) groups excluding carboxylic acids is 2. The van der Waals surface area contributed by atoms with Crippen LogP contribution in [-0.4, -0.2) is 79.3 Å². The van der Waals surface area contributed by atoms with Gasteiger partial charge in [-0.1, -0.05) is 112 Å². The molecule has 1 amide bonds. The molecule has 0 aliphatic carbocycles. The summed E-state index contributed by atoms with van der Waals surface area (Å²) in [6.07, 6.45) is 16.1. The predicted octanol–water partition coefficient (Wildman–Crippen LogP) is 22.2. The van der Waals surface area contributed by atoms with Crippen LogP contribution in [0.3, 0.4) is 0 Å². The van der Waals surface area contributed by atoms with Crippen molar-refractivity contribution in [3.63, 3.8) is 0 Å². The average molecular weight is 1570 g/mol. The number of aromatic nitrogens is 5. The van der Waals surface area contributed by atoms with Crippen molar-refractivity contribution in [1.82, 2.24) is 30.2 Å². The number of hydrogen-bond acceptors (Lipinski definition) is 20. The molecule has 5 heterocycles. The Morgan fingerprint density at radius 2 is 0.922 bits per heavy atom. The highest BCUT2D eigenvalue weighted by Crippen LogP contribution is 2.30. The van der Waals surface area contributed by atoms with Gasteiger partial charge in [-0.25, -0.2) is 38.5 Å². The first-order chi connectivity index (χ1) is 49.3. The van der Waals surface area contributed by atoms with E-state index in [2.05, 4.69) is 93.4 Å². The first-order valence-electron chi connectivity index (χ1n) is 34.4. The zero-order chi connectivity index (χ0) is 74.9. The van der Waals surface area contributed by atoms with Gasteiger partial charge in [-0.15, -0.1) is 36.2 Å². The third-order valence-electron chi connectivity index (χ3n) is 14.6. The molecule has 0 aliphatic rings. The number of halogens is 3. The average Bonchev–Trinajstić information content (AvgIpc) is 1.72. The summed E-state index contributed by atoms with van der Waals surface area (Å²) in [4.78, 5) is 48.5. The van der Waals surface area contributed by atoms with E-state index < -0.39 is 21.8 Å². The summed E-state index contributed by atoms with van der Waals surface area (Å²) in [6, 6.07) is 35.0. The molecule has 0 spiro atoms. The SMILES string of the molecule is CCCCc1nc2ccc(Br)cc2o1.CCCCc1nc2ccc(S)cc2o1.CCCCc1nc2ccc(SC(C)=O)cc2o1.CCCCc1nc2ccc(SC/C(=C/F)CN)cc2o1.CCCCc1nc2ccc(SC/C(=C/F)CNC(=O)OC(C)(C)C)cc2o1.Cc1ccc(S(=O)(=O)O)cc1. The maximum atomic E-state index is 13.1. The second kappa shape index (κ2) is 43.8. The third-order valence-corrected chi connectivity index (χ3v) is 19.2. The Bertz CT molecular complexity index is 4540. The monoisotopic (exact) mass is 1570 g/mol. The number of nitrogens with zero attached hydrogens (tertiary/aromatic N) is 5. The van der Waals surface area contributed by atoms with E-state index in [4.69, 9.17) is 37.1 Å². The van der Waals surface area contributed by atoms with Crippen LogP contribution < -0.4 is 11.1 Å². The van der Waals surface area contributed by atoms with E-state index in [9.17, 15) is 26.8 Å². The molecule has 0 aliphatic heterocycles. The molecule has 18 nitrogen and oxygen atoms in total. The van der Waals surface area contributed by atoms with Crippen LogP contribution >= 0.6 is 63.8 Å². The van der Waals surface area contributed by atoms with Gasteiger partial charge in [-0.3, -0.25) is 9.35 Å². The number of thioether (sulfide) groups is 3. The smallest absolute Gasteiger partial charge is 0.407 e. The van der Waals surface area contributed by atoms with Gasteiger partial charge in [0.2, 0.25) is 0 Å². The molecule has 0 bridgehead atoms. The maximum absolute atomic E-state index is 13.1. The minimum Gasteiger partial charge on any atom is -0.444 e. The standard InChI is InChI=1S/C20H27FN2O3S.C15H19FN2OS.C13H15NO2S.C11H12BrNO.C11H13NOS.C7H8O3S/c1-5-6-7-18-23-16-9-8-15(10-17(16)25-18)27-13-14(11-21)12-22-19(24)26-20(2,3)4;1-2-3-4-15-18-13-6-5-12(7-14(13)19-15)20-10-11(8-16)9-17;1-3-4-5-13-14-11-7-6-10(17-9(2)15)8-12(11)16-13;1-2-3-4-11-13-9-6-5-8(12)7-10(9)14-11;1-2-3-4-11-12-9-6-5-8(14)7-10(9)13-11;1-6-2-4-7(5-3-6)11(8,9)10/h8-11H,5-7,12-13H2,1-4H3,(H,22,24);5-8H,2-4,9-10,17H2,1H3;6-8H,3-5H2,1-2H3;5-7H,2-4H2,1H3;5-7,14H,2-4H2,1H3;2-5H,1H3,(H,8,9,10)/b14-11+;11-8+;;;;. The number of nitrogens with two attached hydrogens (primary N) is 1. The number of ether oxygens (including phenoxy) is 1. The van der Waals surface area contributed by atoms with Crippen LogP contribution in [0.4, 0.5) is 13.6 Å². The Balaban J connectivity index is 0.000000199. The normalized spacial score (nSPS) is 11.7. The van der Waals surface area contributed by atoms with Crippen molar-refractivity contribution < 1.29 is 58.2 Å². The molecule has 0 atom stereocenters. The molecule has 0 saturated heterocycles. The molecular formula is C77H94BrF2N7O11S5. The Morgan fingerprint density at radius 1 is 0.563 bits per heavy atom. The Kier molecular flexibility index (Phi) is 36.0. The molecule has 26 heteroatoms. The van der Waals surface area contributed by atoms with Crippen molar-refractivity contribution in [1.29, 1.82) is 0 Å². The van der Waals surface area contributed by atoms with Gasteiger partial charge in [-0.05, 0) is 174 Å². The van der Waals surface area contributed by atoms with Gasteiger partial charge >= 0.3 is 6.09 Å². The molecule has 0 radical (unpaired) electrons. The van der Waals surface area contributed by atoms with Crippen molar-refractivity contribution in [2.45, 2.75) is 196 Å². The fourth-order valence-corrected chi connectivity index (χ4v) is 12.6. The van der Waals surface area contributed by atoms with Crippen molar-refractivity contribution in [2.24, 2.45) is 5.73 Å². The molecule has 6 aromatic carbocycles. The van der Waals surface area contributed by atoms with E-state index in [1.807, 2.05) is 97.9 Å². The van der Waals surface area contributed by atoms with E-state index in [1.165, 1.54) is 42.1 Å². The van der Waals surface area contributed by atoms with Crippen LogP contribution in [0.5, 0.6) is 0 Å². The first kappa shape index (κ1) is 84.6. The second-order valence-corrected chi connectivity index (χ2v) is 31.0. The quantitative estimate of drug-likeness (QED) is 0.0223. The molecule has 0 fully saturated rings. The lowest BCUT2D eigenvalue weighted by Crippen LogP contribution is -2.33. The van der Waals surface area contributed by atoms with Crippen LogP contribution in [0, 0.1) is 6.92 Å². The molecule has 103 heavy (non-hydrogen) atoms. The number of alkyl carbamates (subject to hydrolysis) is 1. The molecule has 0 saturated carbocycles. The van der Waals surface area contributed by atoms with Crippen LogP contribution in [-0.2, 0) is 51.8 Å². The van der Waals surface area contributed by atoms with Crippen molar-refractivity contribution in [2.75, 3.05) is 24.6 Å². The lowest BCUT2D eigenvalue weighted by molar-refractivity contribution is -0.109. The number of thiol groups is 1. The number of fused-ring (bicyclic) bond motifs is 5. The molecule has 4 N–H and O–H groups in total. The van der Waals surface area contributed by atoms with Gasteiger partial charge in [0.05, 0.1) is 17.6 Å². The number of carbonyl (C=O) groups is 2. The molecule has 0 unspecified atom stereocenters. The second-order valence-electron chi connectivity index (χ2n) is 24.8. The molecule has 11 aromatic rings. The Labute approximate surface area is 629 Å². The number of unbranched alkanes of at least 4 members (excludes halogenated alkanes) is 5. The van der Waals surface area contributed by atoms with Crippen LogP contribution in [0.1, 0.15) is 162 Å². The van der Waals surface area contributed by atoms with Crippen molar-refractivity contribution >= 4 is 141 Å². The Morgan fingerprint density at radius 3 is 1.29 bits per heavy atom. The van der Waals surface area contributed by atoms with E-state index in [1.54, 1.807) is 51.6 Å². The van der Waals surface area contributed by atoms with Gasteiger partial charge in [-0.2, -0.15) is 8.42 Å². The highest BCUT2D eigenvalue weighted by Gasteiger charge is 2.17. The summed E-state index contributed by atoms with van der Waals surface area (Å²) in [5.74, 6) is 4.96. The van der Waals surface area contributed by atoms with Gasteiger partial charge < -0.3 is 37.9 Å². The lowest BCUT2D eigenvalue weighted by Gasteiger charge is -2.19. The zero-order valence-corrected chi connectivity index (χ0v) is 65.9. The van der Waals surface area contributed by atoms with Crippen molar-refractivity contribution in [3.8, 4) is 0 Å². The van der Waals surface area contributed by atoms with Gasteiger partial charge in [0.15, 0.2) is 62.5 Å². The number of aryl methyl sites for hydroxylation is 6. The number of rotatable bonds is 26. The van der Waals surface area contributed by atoms with Gasteiger partial charge in [0.25, 0.3) is 10.1 Å². The van der Waals surface area contributed by atoms with Crippen LogP contribution in [0.15, 0.2) is 190 Å². The summed E-state index contributed by atoms with van der Waals surface area (Å²) in [6.45, 7) is 19.8. The van der Waals surface area contributed by atoms with E-state index >= 15 is 0 Å². The van der Waals surface area contributed by atoms with E-state index in [-0.39, 0.29) is 23.1 Å². The Hall–Kier alpha value is -7.30. The third kappa shape index (κ3) is 30.4. The first-order valence-corrected chi connectivity index (χ1v) is 39.8. The minimum atomic E-state index is -4.02. The topological polar surface area (TPSA) is 266 Å². The minimum absolute atomic E-state index is 0.0666. The fraction of sp³-hybridized carbons (Fsp3) is 0.390. The number of hydrogen-bond donors (Lipinski definition) is 4. The number of oxazole rings is 5. The number of amides is 1. The molecular weight excluding hydrogens is 1480 g/mol. The number of benzene rings is 6. The number of nitrogens with one attached hydrogen (secondary N) is 1. The summed E-state index contributed by atoms with van der Waals surface area (Å²) in [5.41, 5.74) is 15.3.